The van der Waals surface area contributed by atoms with Crippen molar-refractivity contribution in [3.05, 3.63) is 23.0 Å². The average Bonchev–Trinajstić information content (AvgIpc) is 3.74. The van der Waals surface area contributed by atoms with Crippen molar-refractivity contribution in [1.82, 2.24) is 28.5 Å². The summed E-state index contributed by atoms with van der Waals surface area (Å²) in [6.45, 7) is -1.76. The monoisotopic (exact) mass is 734 g/mol. The molecule has 2 aliphatic heterocycles. The number of primary amides is 1. The van der Waals surface area contributed by atoms with E-state index in [0.717, 1.165) is 6.33 Å². The van der Waals surface area contributed by atoms with Gasteiger partial charge in [0.15, 0.2) is 17.7 Å². The molecular formula is C18H24N8O15P2Se. The van der Waals surface area contributed by atoms with Crippen LogP contribution >= 0.6 is 15.6 Å². The molecule has 0 bridgehead atoms. The first-order valence-corrected chi connectivity index (χ1v) is 16.7. The van der Waals surface area contributed by atoms with Crippen molar-refractivity contribution >= 4 is 53.3 Å². The van der Waals surface area contributed by atoms with E-state index in [4.69, 9.17) is 20.9 Å². The number of imidazole rings is 1. The van der Waals surface area contributed by atoms with Crippen LogP contribution in [0.4, 0.5) is 5.82 Å². The van der Waals surface area contributed by atoms with Crippen LogP contribution in [0.1, 0.15) is 27.5 Å². The molecule has 5 heterocycles. The van der Waals surface area contributed by atoms with Gasteiger partial charge in [-0.15, -0.1) is 0 Å². The SMILES string of the molecule is NC(=O)c1n[se]c([C@@H]2O[C@H](COP(=O)(O)OOP(=O)(O)OC[C@H]3O[C@@H](n4cnc5c(N)ncnc54)[C@H](O)[C@@H]3O)[C@@H](O)[C@H]2O)n1. The molecule has 1 amide bonds. The summed E-state index contributed by atoms with van der Waals surface area (Å²) in [6.07, 6.45) is -9.41. The predicted octanol–water partition coefficient (Wildman–Crippen LogP) is -3.98. The Morgan fingerprint density at radius 1 is 0.955 bits per heavy atom. The van der Waals surface area contributed by atoms with Gasteiger partial charge in [-0.1, -0.05) is 0 Å². The van der Waals surface area contributed by atoms with Crippen molar-refractivity contribution in [2.75, 3.05) is 18.9 Å². The Morgan fingerprint density at radius 2 is 1.57 bits per heavy atom. The number of aliphatic hydroxyl groups excluding tert-OH is 4. The number of carbonyl (C=O) groups excluding carboxylic acids is 1. The van der Waals surface area contributed by atoms with E-state index >= 15 is 0 Å². The second-order valence-electron chi connectivity index (χ2n) is 9.20. The maximum atomic E-state index is 12.2. The maximum absolute atomic E-state index is 12.2. The molecule has 3 aromatic heterocycles. The summed E-state index contributed by atoms with van der Waals surface area (Å²) in [5.74, 6) is -1.14. The average molecular weight is 733 g/mol. The molecule has 0 saturated carbocycles. The van der Waals surface area contributed by atoms with Crippen molar-refractivity contribution < 1.29 is 72.0 Å². The van der Waals surface area contributed by atoms with Crippen LogP contribution in [0.3, 0.4) is 0 Å². The zero-order chi connectivity index (χ0) is 32.0. The van der Waals surface area contributed by atoms with Crippen LogP contribution in [-0.4, -0.2) is 129 Å². The topological polar surface area (TPSA) is 349 Å². The fourth-order valence-corrected chi connectivity index (χ4v) is 7.13. The first-order valence-electron chi connectivity index (χ1n) is 12.1. The molecule has 0 radical (unpaired) electrons. The number of hydrogen-bond acceptors (Lipinski definition) is 19. The minimum atomic E-state index is -5.27. The van der Waals surface area contributed by atoms with E-state index in [-0.39, 0.29) is 27.4 Å². The number of anilines is 1. The van der Waals surface area contributed by atoms with E-state index in [1.165, 1.54) is 10.9 Å². The summed E-state index contributed by atoms with van der Waals surface area (Å²) < 4.78 is 58.0. The number of rotatable bonds is 12. The summed E-state index contributed by atoms with van der Waals surface area (Å²) in [5.41, 5.74) is 11.2. The van der Waals surface area contributed by atoms with Crippen LogP contribution in [0.2, 0.25) is 0 Å². The van der Waals surface area contributed by atoms with Gasteiger partial charge in [0.05, 0.1) is 6.33 Å². The minimum absolute atomic E-state index is 0.0499. The quantitative estimate of drug-likeness (QED) is 0.0381. The number of amides is 1. The van der Waals surface area contributed by atoms with Crippen molar-refractivity contribution in [2.45, 2.75) is 49.0 Å². The number of phosphoric ester groups is 2. The predicted molar refractivity (Wildman–Crippen MR) is 137 cm³/mol. The van der Waals surface area contributed by atoms with Crippen LogP contribution in [-0.2, 0) is 37.0 Å². The van der Waals surface area contributed by atoms with E-state index in [0.29, 0.717) is 0 Å². The van der Waals surface area contributed by atoms with Crippen molar-refractivity contribution in [3.63, 3.8) is 0 Å². The Balaban J connectivity index is 1.11. The van der Waals surface area contributed by atoms with Gasteiger partial charge in [-0.05, 0) is 0 Å². The number of carbonyl (C=O) groups is 1. The van der Waals surface area contributed by atoms with Crippen LogP contribution in [0.5, 0.6) is 0 Å². The molecule has 0 aromatic carbocycles. The van der Waals surface area contributed by atoms with Crippen LogP contribution in [0.15, 0.2) is 12.7 Å². The summed E-state index contributed by atoms with van der Waals surface area (Å²) in [6, 6.07) is 0. The molecule has 26 heteroatoms. The molecule has 2 fully saturated rings. The first kappa shape index (κ1) is 33.0. The normalized spacial score (nSPS) is 31.7. The van der Waals surface area contributed by atoms with Crippen LogP contribution in [0.25, 0.3) is 11.2 Å². The van der Waals surface area contributed by atoms with E-state index in [1.807, 2.05) is 0 Å². The second-order valence-corrected chi connectivity index (χ2v) is 13.5. The molecule has 44 heavy (non-hydrogen) atoms. The van der Waals surface area contributed by atoms with Crippen LogP contribution in [0, 0.1) is 0 Å². The zero-order valence-corrected chi connectivity index (χ0v) is 25.2. The fraction of sp³-hybridized carbons (Fsp3) is 0.556. The first-order chi connectivity index (χ1) is 20.7. The van der Waals surface area contributed by atoms with Crippen LogP contribution < -0.4 is 11.5 Å². The Bertz CT molecular complexity index is 1610. The van der Waals surface area contributed by atoms with E-state index in [2.05, 4.69) is 42.3 Å². The molecule has 2 unspecified atom stereocenters. The van der Waals surface area contributed by atoms with E-state index < -0.39 is 98.5 Å². The third-order valence-electron chi connectivity index (χ3n) is 6.29. The third kappa shape index (κ3) is 6.90. The molecule has 2 saturated heterocycles. The summed E-state index contributed by atoms with van der Waals surface area (Å²) in [4.78, 5) is 46.6. The van der Waals surface area contributed by atoms with Gasteiger partial charge in [0.2, 0.25) is 0 Å². The molecule has 10 atom stereocenters. The Morgan fingerprint density at radius 3 is 2.18 bits per heavy atom. The Hall–Kier alpha value is -2.34. The fourth-order valence-electron chi connectivity index (χ4n) is 4.16. The molecule has 10 N–H and O–H groups in total. The molecule has 23 nitrogen and oxygen atoms in total. The second kappa shape index (κ2) is 12.8. The van der Waals surface area contributed by atoms with Gasteiger partial charge in [0.1, 0.15) is 30.2 Å². The number of fused-ring (bicyclic) bond motifs is 1. The zero-order valence-electron chi connectivity index (χ0n) is 21.7. The Labute approximate surface area is 250 Å². The number of aliphatic hydroxyl groups is 4. The van der Waals surface area contributed by atoms with E-state index in [1.54, 1.807) is 0 Å². The van der Waals surface area contributed by atoms with Gasteiger partial charge in [-0.2, -0.15) is 0 Å². The number of nitrogen functional groups attached to an aromatic ring is 1. The van der Waals surface area contributed by atoms with Gasteiger partial charge in [0.25, 0.3) is 0 Å². The Kier molecular flexibility index (Phi) is 9.62. The number of phosphoric acid groups is 2. The molecule has 242 valence electrons. The summed E-state index contributed by atoms with van der Waals surface area (Å²) in [7, 11) is -10.5. The van der Waals surface area contributed by atoms with Gasteiger partial charge in [-0.25, -0.2) is 15.0 Å². The summed E-state index contributed by atoms with van der Waals surface area (Å²) in [5, 5.41) is 41.3. The molecule has 2 aliphatic rings. The number of ether oxygens (including phenoxy) is 2. The standard InChI is InChI=1S/C18H24N8O15P2Se/c19-13-7-16(22-3-21-13)26(4-23-7)18-11(30)9(28)6(39-18)2-37-43(34,35)41-40-42(32,33)36-1-5-8(27)10(29)12(38-5)17-24-15(14(20)31)25-44-17/h3-6,8-12,18,27-30H,1-2H2,(H2,20,31)(H,32,33)(H,34,35)(H2,19,21,22)/t5-,6-,8-,9-,10-,11-,12-,18-/m1/s1. The van der Waals surface area contributed by atoms with Crippen molar-refractivity contribution in [2.24, 2.45) is 5.73 Å². The number of nitrogens with zero attached hydrogens (tertiary/aromatic N) is 6. The number of aromatic nitrogens is 6. The van der Waals surface area contributed by atoms with Gasteiger partial charge >= 0.3 is 156 Å². The molecule has 3 aromatic rings. The molecule has 0 spiro atoms. The number of hydrogen-bond donors (Lipinski definition) is 8. The van der Waals surface area contributed by atoms with Gasteiger partial charge in [-0.3, -0.25) is 4.57 Å². The van der Waals surface area contributed by atoms with Gasteiger partial charge < -0.3 is 20.7 Å². The molecule has 5 rings (SSSR count). The van der Waals surface area contributed by atoms with Crippen molar-refractivity contribution in [3.8, 4) is 0 Å². The summed E-state index contributed by atoms with van der Waals surface area (Å²) >= 11 is -0.771. The number of nitrogens with two attached hydrogens (primary N) is 2. The molecular weight excluding hydrogens is 709 g/mol. The van der Waals surface area contributed by atoms with Crippen molar-refractivity contribution in [1.29, 1.82) is 0 Å². The van der Waals surface area contributed by atoms with Gasteiger partial charge in [0, 0.05) is 0 Å². The third-order valence-corrected chi connectivity index (χ3v) is 9.51. The molecule has 0 aliphatic carbocycles. The van der Waals surface area contributed by atoms with E-state index in [9.17, 15) is 44.1 Å².